The topological polar surface area (TPSA) is 76.9 Å². The van der Waals surface area contributed by atoms with Crippen molar-refractivity contribution in [2.75, 3.05) is 4.72 Å². The lowest BCUT2D eigenvalue weighted by molar-refractivity contribution is 0.601. The maximum Gasteiger partial charge on any atom is 0.265 e. The third-order valence-electron chi connectivity index (χ3n) is 3.02. The quantitative estimate of drug-likeness (QED) is 0.751. The van der Waals surface area contributed by atoms with Gasteiger partial charge in [0.2, 0.25) is 0 Å². The van der Waals surface area contributed by atoms with Crippen molar-refractivity contribution in [2.45, 2.75) is 4.90 Å². The summed E-state index contributed by atoms with van der Waals surface area (Å²) < 4.78 is 29.0. The Balaban J connectivity index is 2.10. The summed E-state index contributed by atoms with van der Waals surface area (Å²) in [6.07, 6.45) is 3.10. The fourth-order valence-corrected chi connectivity index (χ4v) is 3.61. The number of hydrogen-bond donors (Lipinski definition) is 1. The largest absolute Gasteiger partial charge is 0.277 e. The van der Waals surface area contributed by atoms with Crippen molar-refractivity contribution in [2.24, 2.45) is 7.05 Å². The number of sulfonamides is 1. The SMILES string of the molecule is Cn1ncc2cccc(NS(=O)(=O)c3cccnc3Cl)c21. The van der Waals surface area contributed by atoms with Crippen LogP contribution in [0.5, 0.6) is 0 Å². The Bertz CT molecular complexity index is 921. The summed E-state index contributed by atoms with van der Waals surface area (Å²) in [6, 6.07) is 8.21. The highest BCUT2D eigenvalue weighted by Crippen LogP contribution is 2.26. The lowest BCUT2D eigenvalue weighted by Crippen LogP contribution is -2.14. The molecule has 6 nitrogen and oxygen atoms in total. The van der Waals surface area contributed by atoms with E-state index in [4.69, 9.17) is 11.6 Å². The number of halogens is 1. The van der Waals surface area contributed by atoms with Gasteiger partial charge in [-0.3, -0.25) is 9.40 Å². The van der Waals surface area contributed by atoms with Crippen LogP contribution in [0.4, 0.5) is 5.69 Å². The van der Waals surface area contributed by atoms with E-state index in [9.17, 15) is 8.42 Å². The van der Waals surface area contributed by atoms with Crippen molar-refractivity contribution < 1.29 is 8.42 Å². The first-order chi connectivity index (χ1) is 9.99. The maximum absolute atomic E-state index is 12.4. The standard InChI is InChI=1S/C13H11ClN4O2S/c1-18-12-9(8-16-18)4-2-5-10(12)17-21(19,20)11-6-3-7-15-13(11)14/h2-8,17H,1H3. The second-order valence-corrected chi connectivity index (χ2v) is 6.42. The number of rotatable bonds is 3. The molecule has 0 aliphatic rings. The van der Waals surface area contributed by atoms with Crippen LogP contribution in [0.3, 0.4) is 0 Å². The molecule has 0 spiro atoms. The molecule has 0 saturated carbocycles. The molecule has 21 heavy (non-hydrogen) atoms. The third-order valence-corrected chi connectivity index (χ3v) is 4.83. The highest BCUT2D eigenvalue weighted by atomic mass is 35.5. The number of pyridine rings is 1. The van der Waals surface area contributed by atoms with Crippen LogP contribution in [-0.2, 0) is 17.1 Å². The van der Waals surface area contributed by atoms with Crippen LogP contribution < -0.4 is 4.72 Å². The van der Waals surface area contributed by atoms with Gasteiger partial charge in [-0.25, -0.2) is 13.4 Å². The van der Waals surface area contributed by atoms with E-state index >= 15 is 0 Å². The monoisotopic (exact) mass is 322 g/mol. The summed E-state index contributed by atoms with van der Waals surface area (Å²) in [6.45, 7) is 0. The van der Waals surface area contributed by atoms with E-state index in [0.29, 0.717) is 11.2 Å². The zero-order valence-electron chi connectivity index (χ0n) is 11.0. The van der Waals surface area contributed by atoms with Gasteiger partial charge in [0.15, 0.2) is 0 Å². The number of anilines is 1. The molecule has 0 unspecified atom stereocenters. The Morgan fingerprint density at radius 3 is 2.81 bits per heavy atom. The summed E-state index contributed by atoms with van der Waals surface area (Å²) in [5.74, 6) is 0. The lowest BCUT2D eigenvalue weighted by atomic mass is 10.2. The van der Waals surface area contributed by atoms with Crippen LogP contribution in [0.25, 0.3) is 10.9 Å². The molecule has 0 atom stereocenters. The first-order valence-electron chi connectivity index (χ1n) is 6.03. The van der Waals surface area contributed by atoms with Crippen LogP contribution in [0.15, 0.2) is 47.6 Å². The number of hydrogen-bond acceptors (Lipinski definition) is 4. The molecule has 0 amide bonds. The van der Waals surface area contributed by atoms with Crippen LogP contribution >= 0.6 is 11.6 Å². The van der Waals surface area contributed by atoms with Gasteiger partial charge in [0.25, 0.3) is 10.0 Å². The average Bonchev–Trinajstić information content (AvgIpc) is 2.81. The zero-order chi connectivity index (χ0) is 15.0. The number of benzene rings is 1. The molecule has 0 radical (unpaired) electrons. The molecule has 0 saturated heterocycles. The molecule has 8 heteroatoms. The van der Waals surface area contributed by atoms with E-state index in [1.54, 1.807) is 30.1 Å². The van der Waals surface area contributed by atoms with E-state index in [2.05, 4.69) is 14.8 Å². The molecule has 1 aromatic carbocycles. The Labute approximate surface area is 126 Å². The first-order valence-corrected chi connectivity index (χ1v) is 7.89. The number of fused-ring (bicyclic) bond motifs is 1. The molecular weight excluding hydrogens is 312 g/mol. The minimum atomic E-state index is -3.82. The number of para-hydroxylation sites is 1. The Hall–Kier alpha value is -2.12. The number of nitrogens with one attached hydrogen (secondary N) is 1. The molecule has 0 bridgehead atoms. The summed E-state index contributed by atoms with van der Waals surface area (Å²) in [4.78, 5) is 3.72. The predicted octanol–water partition coefficient (Wildman–Crippen LogP) is 2.42. The van der Waals surface area contributed by atoms with Gasteiger partial charge in [0, 0.05) is 18.6 Å². The number of nitrogens with zero attached hydrogens (tertiary/aromatic N) is 3. The van der Waals surface area contributed by atoms with Crippen LogP contribution in [0.1, 0.15) is 0 Å². The zero-order valence-corrected chi connectivity index (χ0v) is 12.6. The van der Waals surface area contributed by atoms with Crippen molar-refractivity contribution in [3.05, 3.63) is 47.9 Å². The van der Waals surface area contributed by atoms with E-state index in [-0.39, 0.29) is 10.0 Å². The van der Waals surface area contributed by atoms with Gasteiger partial charge in [-0.05, 0) is 18.2 Å². The molecular formula is C13H11ClN4O2S. The van der Waals surface area contributed by atoms with Crippen molar-refractivity contribution in [1.29, 1.82) is 0 Å². The number of aromatic nitrogens is 3. The highest BCUT2D eigenvalue weighted by molar-refractivity contribution is 7.92. The highest BCUT2D eigenvalue weighted by Gasteiger charge is 2.20. The summed E-state index contributed by atoms with van der Waals surface area (Å²) in [5.41, 5.74) is 1.13. The molecule has 1 N–H and O–H groups in total. The molecule has 108 valence electrons. The second kappa shape index (κ2) is 5.01. The molecule has 3 aromatic rings. The van der Waals surface area contributed by atoms with Gasteiger partial charge in [0.1, 0.15) is 10.0 Å². The minimum absolute atomic E-state index is 0.0640. The average molecular weight is 323 g/mol. The Kier molecular flexibility index (Phi) is 3.30. The second-order valence-electron chi connectivity index (χ2n) is 4.41. The normalized spacial score (nSPS) is 11.7. The van der Waals surface area contributed by atoms with Gasteiger partial charge in [-0.15, -0.1) is 0 Å². The van der Waals surface area contributed by atoms with Gasteiger partial charge in [0.05, 0.1) is 17.4 Å². The molecule has 2 aromatic heterocycles. The summed E-state index contributed by atoms with van der Waals surface area (Å²) in [7, 11) is -2.07. The third kappa shape index (κ3) is 2.45. The molecule has 3 rings (SSSR count). The molecule has 0 aliphatic carbocycles. The van der Waals surface area contributed by atoms with Crippen LogP contribution in [0, 0.1) is 0 Å². The van der Waals surface area contributed by atoms with Crippen molar-refractivity contribution in [1.82, 2.24) is 14.8 Å². The van der Waals surface area contributed by atoms with Gasteiger partial charge < -0.3 is 0 Å². The minimum Gasteiger partial charge on any atom is -0.277 e. The van der Waals surface area contributed by atoms with Gasteiger partial charge in [-0.2, -0.15) is 5.10 Å². The smallest absolute Gasteiger partial charge is 0.265 e. The van der Waals surface area contributed by atoms with Crippen molar-refractivity contribution in [3.8, 4) is 0 Å². The van der Waals surface area contributed by atoms with E-state index in [0.717, 1.165) is 5.39 Å². The fourth-order valence-electron chi connectivity index (χ4n) is 2.09. The van der Waals surface area contributed by atoms with E-state index < -0.39 is 10.0 Å². The lowest BCUT2D eigenvalue weighted by Gasteiger charge is -2.10. The van der Waals surface area contributed by atoms with Gasteiger partial charge in [-0.1, -0.05) is 23.7 Å². The molecule has 0 aliphatic heterocycles. The van der Waals surface area contributed by atoms with Gasteiger partial charge >= 0.3 is 0 Å². The molecule has 2 heterocycles. The van der Waals surface area contributed by atoms with Crippen molar-refractivity contribution >= 4 is 38.2 Å². The predicted molar refractivity (Wildman–Crippen MR) is 80.8 cm³/mol. The van der Waals surface area contributed by atoms with Crippen molar-refractivity contribution in [3.63, 3.8) is 0 Å². The first kappa shape index (κ1) is 13.8. The van der Waals surface area contributed by atoms with E-state index in [1.807, 2.05) is 6.07 Å². The Morgan fingerprint density at radius 1 is 1.24 bits per heavy atom. The fraction of sp³-hybridized carbons (Fsp3) is 0.0769. The Morgan fingerprint density at radius 2 is 2.05 bits per heavy atom. The number of aryl methyl sites for hydroxylation is 1. The molecule has 0 fully saturated rings. The van der Waals surface area contributed by atoms with E-state index in [1.165, 1.54) is 18.3 Å². The van der Waals surface area contributed by atoms with Crippen LogP contribution in [0.2, 0.25) is 5.15 Å². The maximum atomic E-state index is 12.4. The van der Waals surface area contributed by atoms with Crippen LogP contribution in [-0.4, -0.2) is 23.2 Å². The summed E-state index contributed by atoms with van der Waals surface area (Å²) >= 11 is 5.86. The summed E-state index contributed by atoms with van der Waals surface area (Å²) in [5, 5.41) is 4.90.